The van der Waals surface area contributed by atoms with Crippen molar-refractivity contribution in [1.82, 2.24) is 19.8 Å². The Kier molecular flexibility index (Phi) is 4.35. The molecule has 0 radical (unpaired) electrons. The average molecular weight is 316 g/mol. The monoisotopic (exact) mass is 316 g/mol. The lowest BCUT2D eigenvalue weighted by Crippen LogP contribution is -2.37. The van der Waals surface area contributed by atoms with Gasteiger partial charge in [-0.2, -0.15) is 5.10 Å². The molecule has 23 heavy (non-hydrogen) atoms. The molecular weight excluding hydrogens is 292 g/mol. The minimum Gasteiger partial charge on any atom is -0.364 e. The fraction of sp³-hybridized carbons (Fsp3) is 0.588. The van der Waals surface area contributed by atoms with Crippen LogP contribution in [0, 0.1) is 0 Å². The molecule has 1 saturated heterocycles. The molecular formula is C17H24N4O2. The Morgan fingerprint density at radius 3 is 2.83 bits per heavy atom. The van der Waals surface area contributed by atoms with Crippen molar-refractivity contribution in [3.63, 3.8) is 0 Å². The van der Waals surface area contributed by atoms with Crippen LogP contribution >= 0.6 is 0 Å². The first kappa shape index (κ1) is 15.9. The Hall–Kier alpha value is -1.95. The van der Waals surface area contributed by atoms with Crippen LogP contribution in [-0.4, -0.2) is 32.4 Å². The molecule has 0 aromatic carbocycles. The smallest absolute Gasteiger partial charge is 0.266 e. The number of aromatic nitrogens is 3. The lowest BCUT2D eigenvalue weighted by Gasteiger charge is -2.24. The van der Waals surface area contributed by atoms with Crippen LogP contribution in [0.5, 0.6) is 0 Å². The van der Waals surface area contributed by atoms with Gasteiger partial charge in [0.2, 0.25) is 0 Å². The van der Waals surface area contributed by atoms with Gasteiger partial charge < -0.3 is 4.52 Å². The summed E-state index contributed by atoms with van der Waals surface area (Å²) in [5.74, 6) is 0. The molecule has 0 spiro atoms. The second-order valence-corrected chi connectivity index (χ2v) is 7.25. The van der Waals surface area contributed by atoms with Crippen LogP contribution in [0.1, 0.15) is 45.0 Å². The highest BCUT2D eigenvalue weighted by Gasteiger charge is 2.26. The number of rotatable bonds is 4. The molecule has 3 heterocycles. The predicted octanol–water partition coefficient (Wildman–Crippen LogP) is 2.19. The number of likely N-dealkylation sites (tertiary alicyclic amines) is 1. The normalized spacial score (nSPS) is 19.3. The highest BCUT2D eigenvalue weighted by molar-refractivity contribution is 5.10. The van der Waals surface area contributed by atoms with Crippen molar-refractivity contribution in [2.24, 2.45) is 0 Å². The quantitative estimate of drug-likeness (QED) is 0.865. The van der Waals surface area contributed by atoms with Crippen LogP contribution in [0.25, 0.3) is 0 Å². The molecule has 1 fully saturated rings. The Morgan fingerprint density at radius 1 is 1.30 bits per heavy atom. The van der Waals surface area contributed by atoms with Gasteiger partial charge in [0.15, 0.2) is 0 Å². The Morgan fingerprint density at radius 2 is 2.13 bits per heavy atom. The fourth-order valence-corrected chi connectivity index (χ4v) is 3.02. The Bertz CT molecular complexity index is 700. The van der Waals surface area contributed by atoms with Crippen molar-refractivity contribution in [2.75, 3.05) is 6.54 Å². The third-order valence-electron chi connectivity index (χ3n) is 4.37. The molecule has 1 aliphatic heterocycles. The minimum atomic E-state index is -0.0640. The van der Waals surface area contributed by atoms with E-state index in [1.165, 1.54) is 0 Å². The molecule has 2 aromatic rings. The van der Waals surface area contributed by atoms with Gasteiger partial charge in [-0.3, -0.25) is 9.69 Å². The third kappa shape index (κ3) is 3.69. The van der Waals surface area contributed by atoms with Gasteiger partial charge in [0.05, 0.1) is 17.9 Å². The third-order valence-corrected chi connectivity index (χ3v) is 4.37. The summed E-state index contributed by atoms with van der Waals surface area (Å²) in [6.07, 6.45) is 3.81. The summed E-state index contributed by atoms with van der Waals surface area (Å²) in [7, 11) is 0. The van der Waals surface area contributed by atoms with Crippen molar-refractivity contribution >= 4 is 0 Å². The summed E-state index contributed by atoms with van der Waals surface area (Å²) in [4.78, 5) is 14.5. The zero-order chi connectivity index (χ0) is 16.4. The van der Waals surface area contributed by atoms with E-state index in [0.717, 1.165) is 37.3 Å². The molecule has 0 amide bonds. The maximum atomic E-state index is 12.2. The standard InChI is InChI=1S/C17H24N4O2/c1-17(2,3)15-6-7-16(22)21(18-15)12-14-5-4-9-20(14)11-13-8-10-23-19-13/h6-8,10,14H,4-5,9,11-12H2,1-3H3. The maximum absolute atomic E-state index is 12.2. The van der Waals surface area contributed by atoms with Crippen LogP contribution < -0.4 is 5.56 Å². The van der Waals surface area contributed by atoms with E-state index in [1.807, 2.05) is 12.1 Å². The van der Waals surface area contributed by atoms with Gasteiger partial charge in [-0.15, -0.1) is 0 Å². The van der Waals surface area contributed by atoms with Gasteiger partial charge >= 0.3 is 0 Å². The number of nitrogens with zero attached hydrogens (tertiary/aromatic N) is 4. The van der Waals surface area contributed by atoms with E-state index in [0.29, 0.717) is 12.6 Å². The largest absolute Gasteiger partial charge is 0.364 e. The van der Waals surface area contributed by atoms with E-state index in [4.69, 9.17) is 4.52 Å². The van der Waals surface area contributed by atoms with Crippen LogP contribution in [0.15, 0.2) is 33.8 Å². The summed E-state index contributed by atoms with van der Waals surface area (Å²) >= 11 is 0. The molecule has 0 saturated carbocycles. The van der Waals surface area contributed by atoms with Gasteiger partial charge in [0, 0.05) is 30.1 Å². The van der Waals surface area contributed by atoms with Gasteiger partial charge in [0.1, 0.15) is 6.26 Å². The van der Waals surface area contributed by atoms with Gasteiger partial charge in [0.25, 0.3) is 5.56 Å². The van der Waals surface area contributed by atoms with E-state index in [1.54, 1.807) is 17.0 Å². The second kappa shape index (κ2) is 6.28. The molecule has 0 N–H and O–H groups in total. The van der Waals surface area contributed by atoms with Gasteiger partial charge in [-0.25, -0.2) is 4.68 Å². The topological polar surface area (TPSA) is 64.2 Å². The first-order chi connectivity index (χ1) is 10.9. The van der Waals surface area contributed by atoms with Crippen molar-refractivity contribution in [3.8, 4) is 0 Å². The SMILES string of the molecule is CC(C)(C)c1ccc(=O)n(CC2CCCN2Cc2ccon2)n1. The average Bonchev–Trinajstić information content (AvgIpc) is 3.13. The lowest BCUT2D eigenvalue weighted by atomic mass is 9.92. The van der Waals surface area contributed by atoms with E-state index >= 15 is 0 Å². The van der Waals surface area contributed by atoms with E-state index in [-0.39, 0.29) is 11.0 Å². The number of hydrogen-bond donors (Lipinski definition) is 0. The van der Waals surface area contributed by atoms with Crippen molar-refractivity contribution < 1.29 is 4.52 Å². The van der Waals surface area contributed by atoms with Gasteiger partial charge in [-0.05, 0) is 25.5 Å². The molecule has 1 aliphatic rings. The molecule has 2 aromatic heterocycles. The zero-order valence-electron chi connectivity index (χ0n) is 14.0. The highest BCUT2D eigenvalue weighted by Crippen LogP contribution is 2.21. The first-order valence-corrected chi connectivity index (χ1v) is 8.15. The van der Waals surface area contributed by atoms with Crippen molar-refractivity contribution in [1.29, 1.82) is 0 Å². The summed E-state index contributed by atoms with van der Waals surface area (Å²) in [5, 5.41) is 8.57. The van der Waals surface area contributed by atoms with Crippen LogP contribution in [-0.2, 0) is 18.5 Å². The minimum absolute atomic E-state index is 0.0358. The molecule has 3 rings (SSSR count). The van der Waals surface area contributed by atoms with E-state index < -0.39 is 0 Å². The van der Waals surface area contributed by atoms with Gasteiger partial charge in [-0.1, -0.05) is 25.9 Å². The molecule has 0 aliphatic carbocycles. The summed E-state index contributed by atoms with van der Waals surface area (Å²) in [6.45, 7) is 8.73. The Balaban J connectivity index is 1.76. The second-order valence-electron chi connectivity index (χ2n) is 7.25. The molecule has 1 unspecified atom stereocenters. The van der Waals surface area contributed by atoms with Crippen LogP contribution in [0.2, 0.25) is 0 Å². The van der Waals surface area contributed by atoms with E-state index in [2.05, 4.69) is 35.9 Å². The Labute approximate surface area is 136 Å². The summed E-state index contributed by atoms with van der Waals surface area (Å²) in [5.41, 5.74) is 1.77. The molecule has 0 bridgehead atoms. The molecule has 6 heteroatoms. The summed E-state index contributed by atoms with van der Waals surface area (Å²) < 4.78 is 6.52. The van der Waals surface area contributed by atoms with Crippen molar-refractivity contribution in [2.45, 2.75) is 58.2 Å². The van der Waals surface area contributed by atoms with E-state index in [9.17, 15) is 4.79 Å². The highest BCUT2D eigenvalue weighted by atomic mass is 16.5. The summed E-state index contributed by atoms with van der Waals surface area (Å²) in [6, 6.07) is 5.66. The first-order valence-electron chi connectivity index (χ1n) is 8.15. The number of hydrogen-bond acceptors (Lipinski definition) is 5. The molecule has 6 nitrogen and oxygen atoms in total. The molecule has 124 valence electrons. The van der Waals surface area contributed by atoms with Crippen LogP contribution in [0.4, 0.5) is 0 Å². The molecule has 1 atom stereocenters. The zero-order valence-corrected chi connectivity index (χ0v) is 14.0. The predicted molar refractivity (Wildman–Crippen MR) is 87.1 cm³/mol. The lowest BCUT2D eigenvalue weighted by molar-refractivity contribution is 0.210. The fourth-order valence-electron chi connectivity index (χ4n) is 3.02. The van der Waals surface area contributed by atoms with Crippen LogP contribution in [0.3, 0.4) is 0 Å². The maximum Gasteiger partial charge on any atom is 0.266 e. The van der Waals surface area contributed by atoms with Crippen molar-refractivity contribution in [3.05, 3.63) is 46.2 Å².